The molecule has 76 valence electrons. The number of rotatable bonds is 2. The monoisotopic (exact) mass is 278 g/mol. The minimum atomic E-state index is -0.444. The van der Waals surface area contributed by atoms with Gasteiger partial charge in [0.1, 0.15) is 5.75 Å². The molecule has 0 saturated heterocycles. The first kappa shape index (κ1) is 11.3. The van der Waals surface area contributed by atoms with Crippen molar-refractivity contribution in [2.75, 3.05) is 7.11 Å². The van der Waals surface area contributed by atoms with Gasteiger partial charge in [0.15, 0.2) is 0 Å². The van der Waals surface area contributed by atoms with Crippen LogP contribution in [0.5, 0.6) is 5.75 Å². The molecule has 0 aliphatic carbocycles. The quantitative estimate of drug-likeness (QED) is 0.846. The number of halogens is 2. The van der Waals surface area contributed by atoms with E-state index in [0.717, 1.165) is 0 Å². The Balaban J connectivity index is 3.06. The lowest BCUT2D eigenvalue weighted by molar-refractivity contribution is -0.139. The fraction of sp³-hybridized carbons (Fsp3) is 0.222. The SMILES string of the molecule is COC(=O)Cc1c(O)ccc(Br)c1Cl. The van der Waals surface area contributed by atoms with Gasteiger partial charge < -0.3 is 9.84 Å². The van der Waals surface area contributed by atoms with Crippen molar-refractivity contribution in [3.63, 3.8) is 0 Å². The maximum absolute atomic E-state index is 11.0. The van der Waals surface area contributed by atoms with Crippen LogP contribution in [-0.2, 0) is 16.0 Å². The molecule has 0 amide bonds. The van der Waals surface area contributed by atoms with Crippen LogP contribution in [0, 0.1) is 0 Å². The van der Waals surface area contributed by atoms with Crippen molar-refractivity contribution in [1.29, 1.82) is 0 Å². The van der Waals surface area contributed by atoms with Crippen molar-refractivity contribution in [3.05, 3.63) is 27.2 Å². The average Bonchev–Trinajstić information content (AvgIpc) is 2.18. The van der Waals surface area contributed by atoms with E-state index in [1.807, 2.05) is 0 Å². The lowest BCUT2D eigenvalue weighted by Gasteiger charge is -2.06. The van der Waals surface area contributed by atoms with Gasteiger partial charge in [0.25, 0.3) is 0 Å². The Bertz CT molecular complexity index is 365. The van der Waals surface area contributed by atoms with Crippen molar-refractivity contribution in [2.24, 2.45) is 0 Å². The van der Waals surface area contributed by atoms with Crippen molar-refractivity contribution in [3.8, 4) is 5.75 Å². The first-order valence-corrected chi connectivity index (χ1v) is 4.96. The normalized spacial score (nSPS) is 9.93. The van der Waals surface area contributed by atoms with Crippen LogP contribution in [0.1, 0.15) is 5.56 Å². The zero-order valence-corrected chi connectivity index (χ0v) is 9.72. The molecule has 5 heteroatoms. The summed E-state index contributed by atoms with van der Waals surface area (Å²) in [6, 6.07) is 3.08. The van der Waals surface area contributed by atoms with Gasteiger partial charge in [0.2, 0.25) is 0 Å². The van der Waals surface area contributed by atoms with Gasteiger partial charge in [0.05, 0.1) is 18.6 Å². The zero-order chi connectivity index (χ0) is 10.7. The second-order valence-corrected chi connectivity index (χ2v) is 3.84. The molecule has 0 aliphatic rings. The van der Waals surface area contributed by atoms with Gasteiger partial charge in [-0.1, -0.05) is 11.6 Å². The number of hydrogen-bond donors (Lipinski definition) is 1. The molecule has 0 atom stereocenters. The maximum Gasteiger partial charge on any atom is 0.310 e. The summed E-state index contributed by atoms with van der Waals surface area (Å²) in [6.45, 7) is 0. The third kappa shape index (κ3) is 2.39. The zero-order valence-electron chi connectivity index (χ0n) is 7.38. The van der Waals surface area contributed by atoms with E-state index in [1.54, 1.807) is 6.07 Å². The van der Waals surface area contributed by atoms with Crippen LogP contribution in [0.15, 0.2) is 16.6 Å². The van der Waals surface area contributed by atoms with Crippen LogP contribution in [0.3, 0.4) is 0 Å². The molecule has 0 saturated carbocycles. The molecule has 3 nitrogen and oxygen atoms in total. The molecule has 0 heterocycles. The molecule has 0 aromatic heterocycles. The molecule has 0 radical (unpaired) electrons. The number of aromatic hydroxyl groups is 1. The number of carbonyl (C=O) groups is 1. The van der Waals surface area contributed by atoms with Crippen LogP contribution < -0.4 is 0 Å². The first-order valence-electron chi connectivity index (χ1n) is 3.79. The van der Waals surface area contributed by atoms with Crippen LogP contribution in [0.4, 0.5) is 0 Å². The van der Waals surface area contributed by atoms with Crippen LogP contribution in [0.2, 0.25) is 5.02 Å². The Kier molecular flexibility index (Phi) is 3.77. The average molecular weight is 280 g/mol. The van der Waals surface area contributed by atoms with Crippen LogP contribution >= 0.6 is 27.5 Å². The van der Waals surface area contributed by atoms with E-state index in [-0.39, 0.29) is 12.2 Å². The smallest absolute Gasteiger partial charge is 0.310 e. The number of carbonyl (C=O) groups excluding carboxylic acids is 1. The van der Waals surface area contributed by atoms with E-state index in [1.165, 1.54) is 13.2 Å². The summed E-state index contributed by atoms with van der Waals surface area (Å²) in [5, 5.41) is 9.78. The lowest BCUT2D eigenvalue weighted by Crippen LogP contribution is -2.05. The van der Waals surface area contributed by atoms with Gasteiger partial charge in [-0.3, -0.25) is 4.79 Å². The van der Waals surface area contributed by atoms with Gasteiger partial charge in [0, 0.05) is 10.0 Å². The highest BCUT2D eigenvalue weighted by Gasteiger charge is 2.13. The van der Waals surface area contributed by atoms with Crippen molar-refractivity contribution >= 4 is 33.5 Å². The van der Waals surface area contributed by atoms with Crippen LogP contribution in [0.25, 0.3) is 0 Å². The van der Waals surface area contributed by atoms with Gasteiger partial charge in [-0.15, -0.1) is 0 Å². The largest absolute Gasteiger partial charge is 0.508 e. The number of ether oxygens (including phenoxy) is 1. The van der Waals surface area contributed by atoms with Crippen molar-refractivity contribution < 1.29 is 14.6 Å². The molecule has 1 aromatic carbocycles. The molecule has 0 spiro atoms. The fourth-order valence-electron chi connectivity index (χ4n) is 0.967. The summed E-state index contributed by atoms with van der Waals surface area (Å²) in [5.41, 5.74) is 0.368. The third-order valence-electron chi connectivity index (χ3n) is 1.72. The van der Waals surface area contributed by atoms with Gasteiger partial charge in [-0.2, -0.15) is 0 Å². The van der Waals surface area contributed by atoms with E-state index in [0.29, 0.717) is 15.1 Å². The summed E-state index contributed by atoms with van der Waals surface area (Å²) >= 11 is 9.08. The van der Waals surface area contributed by atoms with Gasteiger partial charge in [-0.25, -0.2) is 0 Å². The summed E-state index contributed by atoms with van der Waals surface area (Å²) in [7, 11) is 1.28. The van der Waals surface area contributed by atoms with Crippen molar-refractivity contribution in [1.82, 2.24) is 0 Å². The molecule has 14 heavy (non-hydrogen) atoms. The standard InChI is InChI=1S/C9H8BrClO3/c1-14-8(13)4-5-7(12)3-2-6(10)9(5)11/h2-3,12H,4H2,1H3. The van der Waals surface area contributed by atoms with E-state index < -0.39 is 5.97 Å². The summed E-state index contributed by atoms with van der Waals surface area (Å²) < 4.78 is 5.12. The Hall–Kier alpha value is -0.740. The van der Waals surface area contributed by atoms with E-state index in [4.69, 9.17) is 11.6 Å². The molecule has 0 unspecified atom stereocenters. The number of methoxy groups -OCH3 is 1. The Morgan fingerprint density at radius 1 is 1.64 bits per heavy atom. The number of esters is 1. The Morgan fingerprint density at radius 2 is 2.29 bits per heavy atom. The van der Waals surface area contributed by atoms with Crippen LogP contribution in [-0.4, -0.2) is 18.2 Å². The molecular formula is C9H8BrClO3. The fourth-order valence-corrected chi connectivity index (χ4v) is 1.57. The molecule has 0 fully saturated rings. The molecule has 0 bridgehead atoms. The number of benzene rings is 1. The Labute approximate surface area is 94.8 Å². The minimum absolute atomic E-state index is 0.0106. The van der Waals surface area contributed by atoms with E-state index in [2.05, 4.69) is 20.7 Å². The van der Waals surface area contributed by atoms with E-state index >= 15 is 0 Å². The lowest BCUT2D eigenvalue weighted by atomic mass is 10.1. The molecular weight excluding hydrogens is 271 g/mol. The molecule has 1 aromatic rings. The first-order chi connectivity index (χ1) is 6.56. The number of hydrogen-bond acceptors (Lipinski definition) is 3. The van der Waals surface area contributed by atoms with Gasteiger partial charge >= 0.3 is 5.97 Å². The molecule has 1 rings (SSSR count). The highest BCUT2D eigenvalue weighted by molar-refractivity contribution is 9.10. The highest BCUT2D eigenvalue weighted by Crippen LogP contribution is 2.32. The molecule has 0 aliphatic heterocycles. The predicted molar refractivity (Wildman–Crippen MR) is 56.5 cm³/mol. The van der Waals surface area contributed by atoms with E-state index in [9.17, 15) is 9.90 Å². The second kappa shape index (κ2) is 4.66. The predicted octanol–water partition coefficient (Wildman–Crippen LogP) is 2.52. The molecule has 1 N–H and O–H groups in total. The number of phenolic OH excluding ortho intramolecular Hbond substituents is 1. The van der Waals surface area contributed by atoms with Crippen molar-refractivity contribution in [2.45, 2.75) is 6.42 Å². The third-order valence-corrected chi connectivity index (χ3v) is 3.04. The highest BCUT2D eigenvalue weighted by atomic mass is 79.9. The summed E-state index contributed by atoms with van der Waals surface area (Å²) in [4.78, 5) is 11.0. The summed E-state index contributed by atoms with van der Waals surface area (Å²) in [6.07, 6.45) is -0.0411. The minimum Gasteiger partial charge on any atom is -0.508 e. The second-order valence-electron chi connectivity index (χ2n) is 2.61. The topological polar surface area (TPSA) is 46.5 Å². The summed E-state index contributed by atoms with van der Waals surface area (Å²) in [5.74, 6) is -0.455. The maximum atomic E-state index is 11.0. The van der Waals surface area contributed by atoms with Gasteiger partial charge in [-0.05, 0) is 28.1 Å². The Morgan fingerprint density at radius 3 is 2.86 bits per heavy atom. The number of phenols is 1.